The van der Waals surface area contributed by atoms with Gasteiger partial charge < -0.3 is 9.47 Å². The molecule has 1 aromatic rings. The number of ether oxygens (including phenoxy) is 2. The molecule has 9 heteroatoms. The lowest BCUT2D eigenvalue weighted by molar-refractivity contribution is -0.176. The first-order valence-corrected chi connectivity index (χ1v) is 6.50. The molecule has 0 saturated heterocycles. The number of hydrogen-bond acceptors (Lipinski definition) is 4. The third-order valence-corrected chi connectivity index (χ3v) is 2.63. The zero-order chi connectivity index (χ0) is 17.5. The smallest absolute Gasteiger partial charge is 0.340 e. The second-order valence-electron chi connectivity index (χ2n) is 4.24. The van der Waals surface area contributed by atoms with Crippen LogP contribution in [0.1, 0.15) is 5.56 Å². The van der Waals surface area contributed by atoms with Crippen LogP contribution >= 0.6 is 11.6 Å². The van der Waals surface area contributed by atoms with Crippen molar-refractivity contribution < 1.29 is 36.6 Å². The average Bonchev–Trinajstić information content (AvgIpc) is 2.50. The Balaban J connectivity index is 2.37. The lowest BCUT2D eigenvalue weighted by Crippen LogP contribution is -2.33. The van der Waals surface area contributed by atoms with Crippen LogP contribution in [-0.4, -0.2) is 30.9 Å². The summed E-state index contributed by atoms with van der Waals surface area (Å²) in [5.41, 5.74) is 0.635. The molecule has 0 amide bonds. The molecular formula is C14H11ClF4O4. The summed E-state index contributed by atoms with van der Waals surface area (Å²) in [4.78, 5) is 22.3. The van der Waals surface area contributed by atoms with Gasteiger partial charge in [0.05, 0.1) is 0 Å². The Labute approximate surface area is 133 Å². The van der Waals surface area contributed by atoms with E-state index in [-0.39, 0.29) is 6.61 Å². The number of benzene rings is 1. The van der Waals surface area contributed by atoms with Crippen molar-refractivity contribution in [1.29, 1.82) is 0 Å². The van der Waals surface area contributed by atoms with Gasteiger partial charge in [-0.2, -0.15) is 8.78 Å². The monoisotopic (exact) mass is 354 g/mol. The standard InChI is InChI=1S/C14H11ClF4O4/c15-10-3-1-9(2-4-10)7-22-11(20)5-6-12(21)23-8-14(18,19)13(16)17/h1-6,13H,7-8H2/b6-5+. The first-order valence-electron chi connectivity index (χ1n) is 6.13. The van der Waals surface area contributed by atoms with Gasteiger partial charge in [-0.3, -0.25) is 0 Å². The minimum atomic E-state index is -4.45. The largest absolute Gasteiger partial charge is 0.458 e. The van der Waals surface area contributed by atoms with E-state index in [1.54, 1.807) is 24.3 Å². The lowest BCUT2D eigenvalue weighted by atomic mass is 10.2. The molecule has 0 heterocycles. The molecule has 0 unspecified atom stereocenters. The Morgan fingerprint density at radius 1 is 1.09 bits per heavy atom. The molecule has 0 fully saturated rings. The second-order valence-corrected chi connectivity index (χ2v) is 4.67. The molecule has 1 aromatic carbocycles. The Hall–Kier alpha value is -2.09. The van der Waals surface area contributed by atoms with E-state index in [4.69, 9.17) is 16.3 Å². The van der Waals surface area contributed by atoms with E-state index in [9.17, 15) is 27.2 Å². The highest BCUT2D eigenvalue weighted by atomic mass is 35.5. The highest BCUT2D eigenvalue weighted by Gasteiger charge is 2.42. The van der Waals surface area contributed by atoms with Gasteiger partial charge in [0.1, 0.15) is 6.61 Å². The molecule has 0 N–H and O–H groups in total. The predicted octanol–water partition coefficient (Wildman–Crippen LogP) is 3.38. The highest BCUT2D eigenvalue weighted by molar-refractivity contribution is 6.30. The van der Waals surface area contributed by atoms with Crippen molar-refractivity contribution >= 4 is 23.5 Å². The van der Waals surface area contributed by atoms with E-state index in [1.165, 1.54) is 0 Å². The quantitative estimate of drug-likeness (QED) is 0.428. The van der Waals surface area contributed by atoms with E-state index in [2.05, 4.69) is 4.74 Å². The van der Waals surface area contributed by atoms with E-state index >= 15 is 0 Å². The van der Waals surface area contributed by atoms with Crippen molar-refractivity contribution in [3.63, 3.8) is 0 Å². The van der Waals surface area contributed by atoms with Gasteiger partial charge in [-0.1, -0.05) is 23.7 Å². The van der Waals surface area contributed by atoms with Crippen LogP contribution in [0.2, 0.25) is 5.02 Å². The van der Waals surface area contributed by atoms with Gasteiger partial charge in [-0.05, 0) is 17.7 Å². The number of halogens is 5. The Kier molecular flexibility index (Phi) is 7.02. The molecule has 0 aromatic heterocycles. The van der Waals surface area contributed by atoms with Gasteiger partial charge in [0, 0.05) is 17.2 Å². The summed E-state index contributed by atoms with van der Waals surface area (Å²) in [7, 11) is 0. The van der Waals surface area contributed by atoms with Gasteiger partial charge in [0.2, 0.25) is 0 Å². The van der Waals surface area contributed by atoms with Crippen LogP contribution in [0, 0.1) is 0 Å². The van der Waals surface area contributed by atoms with Gasteiger partial charge in [-0.15, -0.1) is 0 Å². The molecule has 126 valence electrons. The van der Waals surface area contributed by atoms with Crippen molar-refractivity contribution in [2.45, 2.75) is 19.0 Å². The van der Waals surface area contributed by atoms with Crippen molar-refractivity contribution in [2.75, 3.05) is 6.61 Å². The molecule has 0 aliphatic heterocycles. The van der Waals surface area contributed by atoms with Crippen molar-refractivity contribution in [2.24, 2.45) is 0 Å². The summed E-state index contributed by atoms with van der Waals surface area (Å²) in [6.07, 6.45) is -2.81. The first-order chi connectivity index (χ1) is 10.7. The van der Waals surface area contributed by atoms with E-state index in [1.807, 2.05) is 0 Å². The van der Waals surface area contributed by atoms with E-state index < -0.39 is 30.9 Å². The molecular weight excluding hydrogens is 344 g/mol. The fourth-order valence-electron chi connectivity index (χ4n) is 1.20. The Bertz CT molecular complexity index is 573. The zero-order valence-electron chi connectivity index (χ0n) is 11.5. The van der Waals surface area contributed by atoms with Crippen LogP contribution in [-0.2, 0) is 25.7 Å². The highest BCUT2D eigenvalue weighted by Crippen LogP contribution is 2.22. The van der Waals surface area contributed by atoms with Gasteiger partial charge in [-0.25, -0.2) is 18.4 Å². The molecule has 0 aliphatic rings. The average molecular weight is 355 g/mol. The number of hydrogen-bond donors (Lipinski definition) is 0. The summed E-state index contributed by atoms with van der Waals surface area (Å²) < 4.78 is 57.3. The molecule has 0 atom stereocenters. The van der Waals surface area contributed by atoms with Crippen molar-refractivity contribution in [1.82, 2.24) is 0 Å². The molecule has 1 rings (SSSR count). The second kappa shape index (κ2) is 8.52. The predicted molar refractivity (Wildman–Crippen MR) is 72.3 cm³/mol. The summed E-state index contributed by atoms with van der Waals surface area (Å²) in [6.45, 7) is -1.88. The molecule has 4 nitrogen and oxygen atoms in total. The van der Waals surface area contributed by atoms with Crippen LogP contribution in [0.5, 0.6) is 0 Å². The topological polar surface area (TPSA) is 52.6 Å². The summed E-state index contributed by atoms with van der Waals surface area (Å²) >= 11 is 5.67. The van der Waals surface area contributed by atoms with Gasteiger partial charge in [0.15, 0.2) is 6.61 Å². The van der Waals surface area contributed by atoms with Crippen LogP contribution < -0.4 is 0 Å². The number of alkyl halides is 4. The summed E-state index contributed by atoms with van der Waals surface area (Å²) in [6, 6.07) is 6.39. The Morgan fingerprint density at radius 2 is 1.61 bits per heavy atom. The zero-order valence-corrected chi connectivity index (χ0v) is 12.2. The van der Waals surface area contributed by atoms with Crippen LogP contribution in [0.25, 0.3) is 0 Å². The van der Waals surface area contributed by atoms with E-state index in [0.717, 1.165) is 0 Å². The normalized spacial score (nSPS) is 11.7. The van der Waals surface area contributed by atoms with Crippen LogP contribution in [0.15, 0.2) is 36.4 Å². The number of carbonyl (C=O) groups excluding carboxylic acids is 2. The minimum absolute atomic E-state index is 0.0984. The summed E-state index contributed by atoms with van der Waals surface area (Å²) in [5.74, 6) is -6.75. The van der Waals surface area contributed by atoms with E-state index in [0.29, 0.717) is 22.7 Å². The van der Waals surface area contributed by atoms with Crippen molar-refractivity contribution in [3.05, 3.63) is 47.0 Å². The molecule has 0 aliphatic carbocycles. The van der Waals surface area contributed by atoms with Crippen LogP contribution in [0.3, 0.4) is 0 Å². The maximum absolute atomic E-state index is 12.5. The molecule has 0 radical (unpaired) electrons. The maximum Gasteiger partial charge on any atom is 0.340 e. The minimum Gasteiger partial charge on any atom is -0.458 e. The lowest BCUT2D eigenvalue weighted by Gasteiger charge is -2.13. The fraction of sp³-hybridized carbons (Fsp3) is 0.286. The first kappa shape index (κ1) is 19.0. The third-order valence-electron chi connectivity index (χ3n) is 2.38. The van der Waals surface area contributed by atoms with Crippen molar-refractivity contribution in [3.8, 4) is 0 Å². The summed E-state index contributed by atoms with van der Waals surface area (Å²) in [5, 5.41) is 0.503. The molecule has 0 spiro atoms. The van der Waals surface area contributed by atoms with Gasteiger partial charge >= 0.3 is 24.3 Å². The SMILES string of the molecule is O=C(/C=C/C(=O)OCC(F)(F)C(F)F)OCc1ccc(Cl)cc1. The number of esters is 2. The molecule has 0 saturated carbocycles. The molecule has 23 heavy (non-hydrogen) atoms. The Morgan fingerprint density at radius 3 is 2.13 bits per heavy atom. The third kappa shape index (κ3) is 7.14. The molecule has 0 bridgehead atoms. The fourth-order valence-corrected chi connectivity index (χ4v) is 1.32. The maximum atomic E-state index is 12.5. The van der Waals surface area contributed by atoms with Gasteiger partial charge in [0.25, 0.3) is 0 Å². The number of rotatable bonds is 7. The van der Waals surface area contributed by atoms with Crippen LogP contribution in [0.4, 0.5) is 17.6 Å². The number of carbonyl (C=O) groups is 2.